The molecule has 1 aliphatic heterocycles. The molecule has 0 atom stereocenters. The third-order valence-electron chi connectivity index (χ3n) is 8.90. The van der Waals surface area contributed by atoms with Crippen molar-refractivity contribution in [2.24, 2.45) is 0 Å². The molecule has 3 aromatic carbocycles. The van der Waals surface area contributed by atoms with Crippen molar-refractivity contribution in [3.05, 3.63) is 106 Å². The number of fused-ring (bicyclic) bond motifs is 1. The lowest BCUT2D eigenvalue weighted by atomic mass is 9.96. The maximum Gasteiger partial charge on any atom is 0.418 e. The van der Waals surface area contributed by atoms with E-state index in [0.717, 1.165) is 23.5 Å². The normalized spacial score (nSPS) is 14.9. The molecular weight excluding hydrogens is 754 g/mol. The summed E-state index contributed by atoms with van der Waals surface area (Å²) >= 11 is 0. The number of rotatable bonds is 8. The van der Waals surface area contributed by atoms with Crippen LogP contribution in [0.25, 0.3) is 11.4 Å². The van der Waals surface area contributed by atoms with E-state index < -0.39 is 58.3 Å². The predicted molar refractivity (Wildman–Crippen MR) is 162 cm³/mol. The van der Waals surface area contributed by atoms with Gasteiger partial charge in [-0.2, -0.15) is 52.7 Å². The summed E-state index contributed by atoms with van der Waals surface area (Å²) in [5, 5.41) is 15.6. The molecule has 9 nitrogen and oxygen atoms in total. The van der Waals surface area contributed by atoms with Crippen LogP contribution < -0.4 is 9.47 Å². The van der Waals surface area contributed by atoms with Crippen molar-refractivity contribution >= 4 is 0 Å². The van der Waals surface area contributed by atoms with E-state index in [1.54, 1.807) is 12.1 Å². The Hall–Kier alpha value is -5.34. The van der Waals surface area contributed by atoms with Gasteiger partial charge < -0.3 is 14.0 Å². The molecule has 1 aliphatic rings. The van der Waals surface area contributed by atoms with Crippen LogP contribution in [0.3, 0.4) is 0 Å². The molecule has 0 unspecified atom stereocenters. The van der Waals surface area contributed by atoms with Crippen molar-refractivity contribution in [1.82, 2.24) is 30.0 Å². The maximum atomic E-state index is 14.0. The van der Waals surface area contributed by atoms with Gasteiger partial charge in [-0.05, 0) is 54.1 Å². The summed E-state index contributed by atoms with van der Waals surface area (Å²) in [6.07, 6.45) is -17.9. The first-order valence-electron chi connectivity index (χ1n) is 15.6. The molecule has 288 valence electrons. The van der Waals surface area contributed by atoms with Gasteiger partial charge in [-0.3, -0.25) is 0 Å². The van der Waals surface area contributed by atoms with E-state index in [1.807, 2.05) is 0 Å². The third kappa shape index (κ3) is 7.80. The topological polar surface area (TPSA) is 79.9 Å². The minimum Gasteiger partial charge on any atom is -0.493 e. The van der Waals surface area contributed by atoms with Crippen LogP contribution in [0.4, 0.5) is 52.7 Å². The van der Waals surface area contributed by atoms with Gasteiger partial charge in [0.2, 0.25) is 0 Å². The Morgan fingerprint density at radius 2 is 1.02 bits per heavy atom. The highest BCUT2D eigenvalue weighted by Crippen LogP contribution is 2.41. The highest BCUT2D eigenvalue weighted by molar-refractivity contribution is 5.49. The van der Waals surface area contributed by atoms with Crippen molar-refractivity contribution in [2.75, 3.05) is 20.8 Å². The summed E-state index contributed by atoms with van der Waals surface area (Å²) < 4.78 is 176. The van der Waals surface area contributed by atoms with Gasteiger partial charge >= 0.3 is 24.7 Å². The molecule has 21 heteroatoms. The van der Waals surface area contributed by atoms with Crippen LogP contribution in [0.15, 0.2) is 60.9 Å². The van der Waals surface area contributed by atoms with Gasteiger partial charge in [0.1, 0.15) is 31.0 Å². The largest absolute Gasteiger partial charge is 0.493 e. The number of hydrogen-bond donors (Lipinski definition) is 0. The average Bonchev–Trinajstić information content (AvgIpc) is 3.75. The lowest BCUT2D eigenvalue weighted by molar-refractivity contribution is -0.968. The molecule has 54 heavy (non-hydrogen) atoms. The van der Waals surface area contributed by atoms with Crippen LogP contribution in [0.2, 0.25) is 0 Å². The summed E-state index contributed by atoms with van der Waals surface area (Å²) in [6.45, 7) is 0.329. The van der Waals surface area contributed by atoms with Gasteiger partial charge in [0, 0.05) is 12.0 Å². The molecular formula is C33H26F12N7O2+. The zero-order valence-corrected chi connectivity index (χ0v) is 27.8. The van der Waals surface area contributed by atoms with E-state index in [0.29, 0.717) is 58.1 Å². The van der Waals surface area contributed by atoms with Crippen LogP contribution in [0, 0.1) is 0 Å². The molecule has 0 saturated carbocycles. The molecule has 0 aliphatic carbocycles. The van der Waals surface area contributed by atoms with E-state index in [9.17, 15) is 52.7 Å². The molecule has 0 radical (unpaired) electrons. The molecule has 6 rings (SSSR count). The first-order valence-corrected chi connectivity index (χ1v) is 15.6. The summed E-state index contributed by atoms with van der Waals surface area (Å²) in [5.41, 5.74) is -5.91. The smallest absolute Gasteiger partial charge is 0.418 e. The second kappa shape index (κ2) is 13.5. The van der Waals surface area contributed by atoms with Crippen molar-refractivity contribution < 1.29 is 66.6 Å². The van der Waals surface area contributed by atoms with E-state index in [4.69, 9.17) is 9.47 Å². The van der Waals surface area contributed by atoms with Crippen LogP contribution in [-0.2, 0) is 50.8 Å². The Kier molecular flexibility index (Phi) is 9.60. The fourth-order valence-electron chi connectivity index (χ4n) is 6.41. The second-order valence-corrected chi connectivity index (χ2v) is 12.5. The Morgan fingerprint density at radius 1 is 0.593 bits per heavy atom. The zero-order valence-electron chi connectivity index (χ0n) is 27.8. The molecule has 2 aromatic heterocycles. The molecule has 0 N–H and O–H groups in total. The molecule has 5 aromatic rings. The third-order valence-corrected chi connectivity index (χ3v) is 8.90. The Balaban J connectivity index is 1.39. The quantitative estimate of drug-likeness (QED) is 0.117. The van der Waals surface area contributed by atoms with Crippen molar-refractivity contribution in [3.8, 4) is 22.9 Å². The zero-order chi connectivity index (χ0) is 39.4. The van der Waals surface area contributed by atoms with Crippen LogP contribution in [-0.4, -0.2) is 55.2 Å². The highest BCUT2D eigenvalue weighted by atomic mass is 19.4. The first kappa shape index (κ1) is 38.4. The monoisotopic (exact) mass is 780 g/mol. The maximum absolute atomic E-state index is 14.0. The number of nitrogens with zero attached hydrogens (tertiary/aromatic N) is 7. The van der Waals surface area contributed by atoms with Gasteiger partial charge in [-0.1, -0.05) is 10.4 Å². The summed E-state index contributed by atoms with van der Waals surface area (Å²) in [5.74, 6) is 0.813. The number of quaternary nitrogens is 1. The van der Waals surface area contributed by atoms with E-state index in [2.05, 4.69) is 20.6 Å². The van der Waals surface area contributed by atoms with E-state index >= 15 is 0 Å². The molecule has 0 saturated heterocycles. The van der Waals surface area contributed by atoms with Crippen LogP contribution >= 0.6 is 0 Å². The number of hydrogen-bond acceptors (Lipinski definition) is 6. The first-order chi connectivity index (χ1) is 25.1. The number of benzene rings is 3. The minimum atomic E-state index is -5.20. The molecule has 3 heterocycles. The summed E-state index contributed by atoms with van der Waals surface area (Å²) in [7, 11) is 2.86. The standard InChI is InChI=1S/C33H26F12N7O2/c1-53-28-9-18-7-8-52(15-19(18)10-29(28)54-2,16-22-13-50(48-46-22)26-5-3-20(30(34,35)36)11-24(26)32(40,41)42)17-23-14-51(49-47-23)27-6-4-21(31(37,38)39)12-25(27)33(43,44)45/h3-6,9-14H,7-8,15-17H2,1-2H3/q+1. The number of halogens is 12. The van der Waals surface area contributed by atoms with Crippen molar-refractivity contribution in [1.29, 1.82) is 0 Å². The van der Waals surface area contributed by atoms with Gasteiger partial charge in [-0.15, -0.1) is 10.2 Å². The van der Waals surface area contributed by atoms with E-state index in [1.165, 1.54) is 14.2 Å². The van der Waals surface area contributed by atoms with Gasteiger partial charge in [0.25, 0.3) is 0 Å². The van der Waals surface area contributed by atoms with Crippen molar-refractivity contribution in [3.63, 3.8) is 0 Å². The predicted octanol–water partition coefficient (Wildman–Crippen LogP) is 8.21. The Labute approximate surface area is 296 Å². The average molecular weight is 781 g/mol. The summed E-state index contributed by atoms with van der Waals surface area (Å²) in [6, 6.07) is 5.63. The Bertz CT molecular complexity index is 2050. The van der Waals surface area contributed by atoms with Gasteiger partial charge in [0.05, 0.1) is 66.8 Å². The SMILES string of the molecule is COc1cc2c(cc1OC)C[N+](Cc1cn(-c3ccc(C(F)(F)F)cc3C(F)(F)F)nn1)(Cc1cn(-c3ccc(C(F)(F)F)cc3C(F)(F)F)nn1)CC2. The lowest BCUT2D eigenvalue weighted by Crippen LogP contribution is -2.49. The molecule has 0 amide bonds. The Morgan fingerprint density at radius 3 is 1.41 bits per heavy atom. The number of aromatic nitrogens is 6. The van der Waals surface area contributed by atoms with Crippen molar-refractivity contribution in [2.45, 2.75) is 50.8 Å². The van der Waals surface area contributed by atoms with Gasteiger partial charge in [-0.25, -0.2) is 9.36 Å². The fraction of sp³-hybridized carbons (Fsp3) is 0.333. The number of methoxy groups -OCH3 is 2. The van der Waals surface area contributed by atoms with Crippen LogP contribution in [0.5, 0.6) is 11.5 Å². The minimum absolute atomic E-state index is 0.0157. The molecule has 0 bridgehead atoms. The molecule has 0 fully saturated rings. The highest BCUT2D eigenvalue weighted by Gasteiger charge is 2.41. The second-order valence-electron chi connectivity index (χ2n) is 12.5. The number of ether oxygens (including phenoxy) is 2. The fourth-order valence-corrected chi connectivity index (χ4v) is 6.41. The number of alkyl halides is 12. The van der Waals surface area contributed by atoms with Crippen LogP contribution in [0.1, 0.15) is 44.8 Å². The lowest BCUT2D eigenvalue weighted by Gasteiger charge is -2.41. The summed E-state index contributed by atoms with van der Waals surface area (Å²) in [4.78, 5) is 0. The van der Waals surface area contributed by atoms with Gasteiger partial charge in [0.15, 0.2) is 11.5 Å². The van der Waals surface area contributed by atoms with E-state index in [-0.39, 0.29) is 47.6 Å². The molecule has 0 spiro atoms.